The number of ether oxygens (including phenoxy) is 2. The van der Waals surface area contributed by atoms with Crippen molar-refractivity contribution < 1.29 is 18.7 Å². The zero-order valence-electron chi connectivity index (χ0n) is 14.9. The highest BCUT2D eigenvalue weighted by atomic mass is 19.1. The van der Waals surface area contributed by atoms with Gasteiger partial charge in [0.05, 0.1) is 0 Å². The summed E-state index contributed by atoms with van der Waals surface area (Å²) in [6, 6.07) is 15.9. The van der Waals surface area contributed by atoms with E-state index in [1.165, 1.54) is 29.8 Å². The van der Waals surface area contributed by atoms with Crippen LogP contribution in [0.15, 0.2) is 54.6 Å². The van der Waals surface area contributed by atoms with Crippen LogP contribution in [-0.4, -0.2) is 31.8 Å². The molecule has 3 rings (SSSR count). The van der Waals surface area contributed by atoms with Gasteiger partial charge >= 0.3 is 0 Å². The topological polar surface area (TPSA) is 47.6 Å². The largest absolute Gasteiger partial charge is 0.481 e. The van der Waals surface area contributed by atoms with Crippen molar-refractivity contribution >= 4 is 5.91 Å². The summed E-state index contributed by atoms with van der Waals surface area (Å²) in [6.07, 6.45) is 1.07. The summed E-state index contributed by atoms with van der Waals surface area (Å²) < 4.78 is 24.1. The standard InChI is InChI=1S/C21H24FNO3/c1-16(26-19-9-7-18(22)8-10-19)20(24)23-15-21(11-13-25-14-12-21)17-5-3-2-4-6-17/h2-10,16H,11-15H2,1H3,(H,23,24)/t16-/m1/s1. The Morgan fingerprint density at radius 3 is 2.46 bits per heavy atom. The predicted molar refractivity (Wildman–Crippen MR) is 97.7 cm³/mol. The molecule has 26 heavy (non-hydrogen) atoms. The third-order valence-corrected chi connectivity index (χ3v) is 4.93. The van der Waals surface area contributed by atoms with E-state index in [9.17, 15) is 9.18 Å². The highest BCUT2D eigenvalue weighted by Crippen LogP contribution is 2.34. The second kappa shape index (κ2) is 8.32. The van der Waals surface area contributed by atoms with E-state index in [0.717, 1.165) is 12.8 Å². The number of rotatable bonds is 6. The summed E-state index contributed by atoms with van der Waals surface area (Å²) in [5, 5.41) is 3.03. The molecule has 5 heteroatoms. The van der Waals surface area contributed by atoms with E-state index in [-0.39, 0.29) is 17.1 Å². The molecule has 4 nitrogen and oxygen atoms in total. The highest BCUT2D eigenvalue weighted by Gasteiger charge is 2.35. The van der Waals surface area contributed by atoms with Gasteiger partial charge in [-0.3, -0.25) is 4.79 Å². The SMILES string of the molecule is C[C@@H](Oc1ccc(F)cc1)C(=O)NCC1(c2ccccc2)CCOCC1. The van der Waals surface area contributed by atoms with Crippen molar-refractivity contribution in [2.75, 3.05) is 19.8 Å². The molecular weight excluding hydrogens is 333 g/mol. The molecule has 1 aliphatic heterocycles. The third-order valence-electron chi connectivity index (χ3n) is 4.93. The summed E-state index contributed by atoms with van der Waals surface area (Å²) in [7, 11) is 0. The van der Waals surface area contributed by atoms with Gasteiger partial charge in [-0.15, -0.1) is 0 Å². The molecule has 0 radical (unpaired) electrons. The number of nitrogens with one attached hydrogen (secondary N) is 1. The Morgan fingerprint density at radius 1 is 1.15 bits per heavy atom. The van der Waals surface area contributed by atoms with Crippen LogP contribution < -0.4 is 10.1 Å². The van der Waals surface area contributed by atoms with Crippen molar-refractivity contribution in [3.05, 3.63) is 66.0 Å². The van der Waals surface area contributed by atoms with Crippen LogP contribution in [-0.2, 0) is 14.9 Å². The molecule has 1 saturated heterocycles. The molecule has 1 atom stereocenters. The molecule has 138 valence electrons. The Hall–Kier alpha value is -2.40. The lowest BCUT2D eigenvalue weighted by atomic mass is 9.74. The van der Waals surface area contributed by atoms with Crippen LogP contribution in [0.4, 0.5) is 4.39 Å². The van der Waals surface area contributed by atoms with Gasteiger partial charge in [-0.05, 0) is 49.6 Å². The van der Waals surface area contributed by atoms with Gasteiger partial charge < -0.3 is 14.8 Å². The highest BCUT2D eigenvalue weighted by molar-refractivity contribution is 5.80. The van der Waals surface area contributed by atoms with Crippen molar-refractivity contribution in [1.82, 2.24) is 5.32 Å². The van der Waals surface area contributed by atoms with Gasteiger partial charge in [0.2, 0.25) is 0 Å². The first-order chi connectivity index (χ1) is 12.6. The normalized spacial score (nSPS) is 17.3. The molecule has 1 fully saturated rings. The first kappa shape index (κ1) is 18.4. The van der Waals surface area contributed by atoms with E-state index < -0.39 is 6.10 Å². The fraction of sp³-hybridized carbons (Fsp3) is 0.381. The maximum absolute atomic E-state index is 13.0. The minimum absolute atomic E-state index is 0.120. The van der Waals surface area contributed by atoms with Crippen LogP contribution in [0.3, 0.4) is 0 Å². The first-order valence-electron chi connectivity index (χ1n) is 8.92. The molecule has 0 saturated carbocycles. The lowest BCUT2D eigenvalue weighted by molar-refractivity contribution is -0.127. The van der Waals surface area contributed by atoms with E-state index in [0.29, 0.717) is 25.5 Å². The molecule has 2 aromatic carbocycles. The second-order valence-corrected chi connectivity index (χ2v) is 6.69. The van der Waals surface area contributed by atoms with E-state index in [4.69, 9.17) is 9.47 Å². The molecule has 0 spiro atoms. The number of benzene rings is 2. The maximum Gasteiger partial charge on any atom is 0.260 e. The van der Waals surface area contributed by atoms with E-state index in [1.54, 1.807) is 6.92 Å². The fourth-order valence-electron chi connectivity index (χ4n) is 3.29. The molecule has 1 amide bonds. The number of carbonyl (C=O) groups excluding carboxylic acids is 1. The van der Waals surface area contributed by atoms with Crippen molar-refractivity contribution in [2.24, 2.45) is 0 Å². The summed E-state index contributed by atoms with van der Waals surface area (Å²) in [4.78, 5) is 12.5. The van der Waals surface area contributed by atoms with Crippen LogP contribution in [0.5, 0.6) is 5.75 Å². The Kier molecular flexibility index (Phi) is 5.89. The molecule has 1 heterocycles. The van der Waals surface area contributed by atoms with Gasteiger partial charge in [-0.25, -0.2) is 4.39 Å². The zero-order chi connectivity index (χ0) is 18.4. The second-order valence-electron chi connectivity index (χ2n) is 6.69. The minimum atomic E-state index is -0.659. The van der Waals surface area contributed by atoms with Gasteiger partial charge in [-0.2, -0.15) is 0 Å². The molecule has 0 aromatic heterocycles. The van der Waals surface area contributed by atoms with E-state index in [2.05, 4.69) is 17.4 Å². The fourth-order valence-corrected chi connectivity index (χ4v) is 3.29. The maximum atomic E-state index is 13.0. The van der Waals surface area contributed by atoms with Gasteiger partial charge in [0.15, 0.2) is 6.10 Å². The van der Waals surface area contributed by atoms with Gasteiger partial charge in [0.25, 0.3) is 5.91 Å². The molecule has 2 aromatic rings. The molecule has 0 bridgehead atoms. The van der Waals surface area contributed by atoms with Crippen molar-refractivity contribution in [2.45, 2.75) is 31.3 Å². The van der Waals surface area contributed by atoms with Crippen LogP contribution in [0, 0.1) is 5.82 Å². The zero-order valence-corrected chi connectivity index (χ0v) is 14.9. The molecular formula is C21H24FNO3. The Balaban J connectivity index is 1.63. The number of halogens is 1. The number of hydrogen-bond acceptors (Lipinski definition) is 3. The molecule has 1 aliphatic rings. The van der Waals surface area contributed by atoms with Gasteiger partial charge in [-0.1, -0.05) is 30.3 Å². The van der Waals surface area contributed by atoms with Crippen molar-refractivity contribution in [3.8, 4) is 5.75 Å². The smallest absolute Gasteiger partial charge is 0.260 e. The van der Waals surface area contributed by atoms with Gasteiger partial charge in [0.1, 0.15) is 11.6 Å². The Bertz CT molecular complexity index is 712. The van der Waals surface area contributed by atoms with Crippen LogP contribution in [0.2, 0.25) is 0 Å². The summed E-state index contributed by atoms with van der Waals surface area (Å²) in [5.74, 6) is -0.0483. The Labute approximate surface area is 153 Å². The van der Waals surface area contributed by atoms with Crippen LogP contribution in [0.25, 0.3) is 0 Å². The lowest BCUT2D eigenvalue weighted by Crippen LogP contribution is -2.47. The van der Waals surface area contributed by atoms with Gasteiger partial charge in [0, 0.05) is 25.2 Å². The van der Waals surface area contributed by atoms with E-state index >= 15 is 0 Å². The van der Waals surface area contributed by atoms with Crippen LogP contribution in [0.1, 0.15) is 25.3 Å². The minimum Gasteiger partial charge on any atom is -0.481 e. The molecule has 0 unspecified atom stereocenters. The summed E-state index contributed by atoms with van der Waals surface area (Å²) >= 11 is 0. The average Bonchev–Trinajstić information content (AvgIpc) is 2.69. The predicted octanol–water partition coefficient (Wildman–Crippen LogP) is 3.46. The Morgan fingerprint density at radius 2 is 1.81 bits per heavy atom. The van der Waals surface area contributed by atoms with Crippen LogP contribution >= 0.6 is 0 Å². The average molecular weight is 357 g/mol. The quantitative estimate of drug-likeness (QED) is 0.861. The number of hydrogen-bond donors (Lipinski definition) is 1. The number of carbonyl (C=O) groups is 1. The third kappa shape index (κ3) is 4.41. The monoisotopic (exact) mass is 357 g/mol. The first-order valence-corrected chi connectivity index (χ1v) is 8.92. The number of amides is 1. The van der Waals surface area contributed by atoms with Crippen molar-refractivity contribution in [1.29, 1.82) is 0 Å². The van der Waals surface area contributed by atoms with Crippen molar-refractivity contribution in [3.63, 3.8) is 0 Å². The molecule has 0 aliphatic carbocycles. The molecule has 1 N–H and O–H groups in total. The summed E-state index contributed by atoms with van der Waals surface area (Å²) in [5.41, 5.74) is 1.10. The summed E-state index contributed by atoms with van der Waals surface area (Å²) in [6.45, 7) is 3.60. The van der Waals surface area contributed by atoms with E-state index in [1.807, 2.05) is 18.2 Å². The lowest BCUT2D eigenvalue weighted by Gasteiger charge is -2.38.